The third-order valence-electron chi connectivity index (χ3n) is 2.40. The highest BCUT2D eigenvalue weighted by molar-refractivity contribution is 5.81. The number of rotatable bonds is 6. The van der Waals surface area contributed by atoms with Crippen LogP contribution in [0.5, 0.6) is 0 Å². The molecule has 0 aromatic rings. The van der Waals surface area contributed by atoms with Gasteiger partial charge in [0.15, 0.2) is 0 Å². The first-order valence-electron chi connectivity index (χ1n) is 5.08. The van der Waals surface area contributed by atoms with Crippen LogP contribution in [0.2, 0.25) is 0 Å². The van der Waals surface area contributed by atoms with Gasteiger partial charge >= 0.3 is 5.97 Å². The van der Waals surface area contributed by atoms with E-state index < -0.39 is 12.1 Å². The molecule has 0 saturated carbocycles. The zero-order valence-electron chi connectivity index (χ0n) is 9.64. The summed E-state index contributed by atoms with van der Waals surface area (Å²) in [5, 5.41) is 9.85. The van der Waals surface area contributed by atoms with Crippen LogP contribution in [0, 0.1) is 11.8 Å². The summed E-state index contributed by atoms with van der Waals surface area (Å²) in [5.41, 5.74) is 0. The Morgan fingerprint density at radius 1 is 1.53 bits per heavy atom. The molecule has 0 aliphatic carbocycles. The van der Waals surface area contributed by atoms with Gasteiger partial charge in [0.1, 0.15) is 0 Å². The number of ether oxygens (including phenoxy) is 1. The van der Waals surface area contributed by atoms with E-state index in [4.69, 9.17) is 0 Å². The van der Waals surface area contributed by atoms with Crippen LogP contribution < -0.4 is 0 Å². The Morgan fingerprint density at radius 3 is 2.60 bits per heavy atom. The van der Waals surface area contributed by atoms with Crippen molar-refractivity contribution in [1.29, 1.82) is 0 Å². The van der Waals surface area contributed by atoms with Gasteiger partial charge in [-0.1, -0.05) is 26.0 Å². The van der Waals surface area contributed by atoms with Crippen LogP contribution in [-0.4, -0.2) is 24.3 Å². The number of carbonyl (C=O) groups excluding carboxylic acids is 1. The smallest absolute Gasteiger partial charge is 0.330 e. The number of hydrogen-bond acceptors (Lipinski definition) is 3. The molecule has 0 aromatic carbocycles. The highest BCUT2D eigenvalue weighted by Crippen LogP contribution is 2.17. The lowest BCUT2D eigenvalue weighted by molar-refractivity contribution is -0.134. The Morgan fingerprint density at radius 2 is 2.13 bits per heavy atom. The van der Waals surface area contributed by atoms with E-state index in [2.05, 4.69) is 11.3 Å². The minimum atomic E-state index is -0.469. The van der Waals surface area contributed by atoms with Crippen LogP contribution in [0.15, 0.2) is 24.8 Å². The fourth-order valence-electron chi connectivity index (χ4n) is 1.33. The first kappa shape index (κ1) is 13.9. The molecule has 3 nitrogen and oxygen atoms in total. The zero-order valence-corrected chi connectivity index (χ0v) is 9.64. The van der Waals surface area contributed by atoms with Crippen molar-refractivity contribution in [1.82, 2.24) is 0 Å². The molecule has 0 aliphatic heterocycles. The maximum Gasteiger partial charge on any atom is 0.330 e. The lowest BCUT2D eigenvalue weighted by Gasteiger charge is -2.21. The normalized spacial score (nSPS) is 17.1. The van der Waals surface area contributed by atoms with E-state index in [0.29, 0.717) is 0 Å². The van der Waals surface area contributed by atoms with Gasteiger partial charge in [-0.15, -0.1) is 6.58 Å². The molecule has 0 heterocycles. The number of hydrogen-bond donors (Lipinski definition) is 1. The summed E-state index contributed by atoms with van der Waals surface area (Å²) >= 11 is 0. The Balaban J connectivity index is 4.19. The molecule has 0 aliphatic rings. The van der Waals surface area contributed by atoms with Gasteiger partial charge in [0.2, 0.25) is 0 Å². The fourth-order valence-corrected chi connectivity index (χ4v) is 1.33. The average molecular weight is 212 g/mol. The molecule has 0 bridgehead atoms. The van der Waals surface area contributed by atoms with Gasteiger partial charge in [-0.25, -0.2) is 4.79 Å². The van der Waals surface area contributed by atoms with Crippen molar-refractivity contribution >= 4 is 5.97 Å². The summed E-state index contributed by atoms with van der Waals surface area (Å²) in [6.45, 7) is 7.44. The molecular weight excluding hydrogens is 192 g/mol. The fraction of sp³-hybridized carbons (Fsp3) is 0.583. The topological polar surface area (TPSA) is 46.5 Å². The minimum absolute atomic E-state index is 0.0703. The predicted molar refractivity (Wildman–Crippen MR) is 60.3 cm³/mol. The molecule has 0 unspecified atom stereocenters. The van der Waals surface area contributed by atoms with E-state index in [-0.39, 0.29) is 11.8 Å². The standard InChI is InChI=1S/C12H20O3/c1-5-6-9(2)12(14)10(3)7-8-11(13)15-4/h5,7-10,12,14H,1,6H2,2-4H3/b8-7+/t9-,10-,12-/m0/s1. The van der Waals surface area contributed by atoms with Gasteiger partial charge in [0, 0.05) is 12.0 Å². The van der Waals surface area contributed by atoms with E-state index in [1.54, 1.807) is 12.2 Å². The molecule has 0 rings (SSSR count). The van der Waals surface area contributed by atoms with Crippen molar-refractivity contribution in [2.75, 3.05) is 7.11 Å². The largest absolute Gasteiger partial charge is 0.466 e. The van der Waals surface area contributed by atoms with Gasteiger partial charge in [-0.2, -0.15) is 0 Å². The maximum absolute atomic E-state index is 10.8. The molecule has 0 amide bonds. The second-order valence-corrected chi connectivity index (χ2v) is 3.73. The number of allylic oxidation sites excluding steroid dienone is 1. The summed E-state index contributed by atoms with van der Waals surface area (Å²) < 4.78 is 4.46. The van der Waals surface area contributed by atoms with Crippen LogP contribution in [0.25, 0.3) is 0 Å². The van der Waals surface area contributed by atoms with Gasteiger partial charge in [0.25, 0.3) is 0 Å². The first-order valence-corrected chi connectivity index (χ1v) is 5.08. The highest BCUT2D eigenvalue weighted by Gasteiger charge is 2.18. The molecular formula is C12H20O3. The number of esters is 1. The maximum atomic E-state index is 10.8. The second kappa shape index (κ2) is 7.23. The Labute approximate surface area is 91.4 Å². The Bertz CT molecular complexity index is 233. The third kappa shape index (κ3) is 5.37. The quantitative estimate of drug-likeness (QED) is 0.415. The van der Waals surface area contributed by atoms with E-state index in [1.807, 2.05) is 13.8 Å². The molecule has 1 N–H and O–H groups in total. The van der Waals surface area contributed by atoms with E-state index >= 15 is 0 Å². The summed E-state index contributed by atoms with van der Waals surface area (Å²) in [4.78, 5) is 10.8. The number of aliphatic hydroxyl groups excluding tert-OH is 1. The minimum Gasteiger partial charge on any atom is -0.466 e. The molecule has 0 saturated heterocycles. The van der Waals surface area contributed by atoms with Crippen LogP contribution in [-0.2, 0) is 9.53 Å². The molecule has 15 heavy (non-hydrogen) atoms. The molecule has 0 fully saturated rings. The van der Waals surface area contributed by atoms with E-state index in [9.17, 15) is 9.90 Å². The summed E-state index contributed by atoms with van der Waals surface area (Å²) in [6.07, 6.45) is 5.08. The zero-order chi connectivity index (χ0) is 11.8. The molecule has 86 valence electrons. The monoisotopic (exact) mass is 212 g/mol. The Kier molecular flexibility index (Phi) is 6.71. The lowest BCUT2D eigenvalue weighted by Crippen LogP contribution is -2.24. The summed E-state index contributed by atoms with van der Waals surface area (Å²) in [7, 11) is 1.33. The van der Waals surface area contributed by atoms with Crippen LogP contribution in [0.4, 0.5) is 0 Å². The third-order valence-corrected chi connectivity index (χ3v) is 2.40. The molecule has 0 radical (unpaired) electrons. The summed E-state index contributed by atoms with van der Waals surface area (Å²) in [5.74, 6) is -0.329. The van der Waals surface area contributed by atoms with E-state index in [1.165, 1.54) is 13.2 Å². The van der Waals surface area contributed by atoms with Crippen molar-refractivity contribution in [2.45, 2.75) is 26.4 Å². The SMILES string of the molecule is C=CC[C@H](C)[C@H](O)[C@@H](C)/C=C/C(=O)OC. The van der Waals surface area contributed by atoms with Gasteiger partial charge in [-0.05, 0) is 12.3 Å². The van der Waals surface area contributed by atoms with Gasteiger partial charge in [-0.3, -0.25) is 0 Å². The average Bonchev–Trinajstić information content (AvgIpc) is 2.24. The number of carbonyl (C=O) groups is 1. The number of aliphatic hydroxyl groups is 1. The van der Waals surface area contributed by atoms with Crippen LogP contribution in [0.1, 0.15) is 20.3 Å². The number of methoxy groups -OCH3 is 1. The van der Waals surface area contributed by atoms with Gasteiger partial charge < -0.3 is 9.84 Å². The molecule has 0 spiro atoms. The second-order valence-electron chi connectivity index (χ2n) is 3.73. The lowest BCUT2D eigenvalue weighted by atomic mass is 9.91. The van der Waals surface area contributed by atoms with Crippen LogP contribution in [0.3, 0.4) is 0 Å². The van der Waals surface area contributed by atoms with Crippen molar-refractivity contribution in [2.24, 2.45) is 11.8 Å². The van der Waals surface area contributed by atoms with Crippen molar-refractivity contribution in [3.05, 3.63) is 24.8 Å². The van der Waals surface area contributed by atoms with Gasteiger partial charge in [0.05, 0.1) is 13.2 Å². The molecule has 3 atom stereocenters. The first-order chi connectivity index (χ1) is 7.02. The Hall–Kier alpha value is -1.09. The predicted octanol–water partition coefficient (Wildman–Crippen LogP) is 1.92. The summed E-state index contributed by atoms with van der Waals surface area (Å²) in [6, 6.07) is 0. The van der Waals surface area contributed by atoms with Crippen molar-refractivity contribution < 1.29 is 14.6 Å². The van der Waals surface area contributed by atoms with Crippen molar-refractivity contribution in [3.8, 4) is 0 Å². The molecule has 0 aromatic heterocycles. The van der Waals surface area contributed by atoms with Crippen molar-refractivity contribution in [3.63, 3.8) is 0 Å². The highest BCUT2D eigenvalue weighted by atomic mass is 16.5. The molecule has 3 heteroatoms. The van der Waals surface area contributed by atoms with Crippen LogP contribution >= 0.6 is 0 Å². The van der Waals surface area contributed by atoms with E-state index in [0.717, 1.165) is 6.42 Å².